The first-order valence-electron chi connectivity index (χ1n) is 12.0. The second-order valence-electron chi connectivity index (χ2n) is 8.88. The highest BCUT2D eigenvalue weighted by Gasteiger charge is 2.27. The average molecular weight is 543 g/mol. The van der Waals surface area contributed by atoms with Gasteiger partial charge in [-0.2, -0.15) is 4.31 Å². The molecule has 37 heavy (non-hydrogen) atoms. The second-order valence-corrected chi connectivity index (χ2v) is 10.8. The SMILES string of the molecule is COc1cccc(S(=O)(=O)N2CCCN(Cc3cc4cc(-c5ccccc5OC)ccc4o3)CC2)c1.Cl. The Morgan fingerprint density at radius 3 is 2.51 bits per heavy atom. The minimum absolute atomic E-state index is 0. The van der Waals surface area contributed by atoms with Crippen molar-refractivity contribution in [1.29, 1.82) is 0 Å². The van der Waals surface area contributed by atoms with Gasteiger partial charge >= 0.3 is 0 Å². The molecule has 0 bridgehead atoms. The molecule has 0 atom stereocenters. The fraction of sp³-hybridized carbons (Fsp3) is 0.286. The van der Waals surface area contributed by atoms with E-state index in [9.17, 15) is 8.42 Å². The van der Waals surface area contributed by atoms with Crippen molar-refractivity contribution >= 4 is 33.4 Å². The van der Waals surface area contributed by atoms with Crippen LogP contribution in [0.1, 0.15) is 12.2 Å². The number of methoxy groups -OCH3 is 2. The largest absolute Gasteiger partial charge is 0.497 e. The first kappa shape index (κ1) is 27.0. The molecule has 0 spiro atoms. The van der Waals surface area contributed by atoms with Crippen LogP contribution in [0.5, 0.6) is 11.5 Å². The Balaban J connectivity index is 0.00000320. The van der Waals surface area contributed by atoms with E-state index in [0.29, 0.717) is 31.9 Å². The normalized spacial score (nSPS) is 15.2. The first-order valence-corrected chi connectivity index (χ1v) is 13.4. The van der Waals surface area contributed by atoms with Crippen LogP contribution in [-0.2, 0) is 16.6 Å². The smallest absolute Gasteiger partial charge is 0.243 e. The van der Waals surface area contributed by atoms with Gasteiger partial charge in [-0.05, 0) is 54.9 Å². The zero-order valence-electron chi connectivity index (χ0n) is 20.9. The summed E-state index contributed by atoms with van der Waals surface area (Å²) in [6.45, 7) is 2.97. The molecule has 0 aliphatic carbocycles. The molecule has 1 fully saturated rings. The van der Waals surface area contributed by atoms with Crippen molar-refractivity contribution in [1.82, 2.24) is 9.21 Å². The summed E-state index contributed by atoms with van der Waals surface area (Å²) in [5.41, 5.74) is 2.94. The summed E-state index contributed by atoms with van der Waals surface area (Å²) in [7, 11) is -0.366. The number of hydrogen-bond donors (Lipinski definition) is 0. The van der Waals surface area contributed by atoms with Crippen LogP contribution in [0, 0.1) is 0 Å². The van der Waals surface area contributed by atoms with E-state index in [0.717, 1.165) is 46.6 Å². The zero-order valence-corrected chi connectivity index (χ0v) is 22.6. The lowest BCUT2D eigenvalue weighted by molar-refractivity contribution is 0.258. The number of fused-ring (bicyclic) bond motifs is 1. The van der Waals surface area contributed by atoms with Crippen molar-refractivity contribution in [2.24, 2.45) is 0 Å². The summed E-state index contributed by atoms with van der Waals surface area (Å²) < 4.78 is 44.8. The summed E-state index contributed by atoms with van der Waals surface area (Å²) in [5.74, 6) is 2.23. The summed E-state index contributed by atoms with van der Waals surface area (Å²) in [5, 5.41) is 1.03. The number of nitrogens with zero attached hydrogens (tertiary/aromatic N) is 2. The van der Waals surface area contributed by atoms with Crippen molar-refractivity contribution in [3.05, 3.63) is 78.6 Å². The van der Waals surface area contributed by atoms with Crippen LogP contribution in [0.15, 0.2) is 82.1 Å². The maximum atomic E-state index is 13.2. The van der Waals surface area contributed by atoms with Gasteiger partial charge in [-0.3, -0.25) is 4.90 Å². The van der Waals surface area contributed by atoms with E-state index in [2.05, 4.69) is 17.0 Å². The van der Waals surface area contributed by atoms with Gasteiger partial charge in [0.05, 0.1) is 25.7 Å². The van der Waals surface area contributed by atoms with E-state index in [4.69, 9.17) is 13.9 Å². The highest BCUT2D eigenvalue weighted by molar-refractivity contribution is 7.89. The van der Waals surface area contributed by atoms with Gasteiger partial charge in [-0.1, -0.05) is 30.3 Å². The predicted molar refractivity (Wildman–Crippen MR) is 147 cm³/mol. The third kappa shape index (κ3) is 5.78. The highest BCUT2D eigenvalue weighted by atomic mass is 35.5. The molecule has 0 N–H and O–H groups in total. The molecule has 3 aromatic carbocycles. The summed E-state index contributed by atoms with van der Waals surface area (Å²) in [4.78, 5) is 2.51. The topological polar surface area (TPSA) is 72.2 Å². The number of para-hydroxylation sites is 1. The van der Waals surface area contributed by atoms with Gasteiger partial charge in [0, 0.05) is 36.7 Å². The number of benzene rings is 3. The van der Waals surface area contributed by atoms with Crippen LogP contribution in [-0.4, -0.2) is 58.0 Å². The molecule has 2 heterocycles. The predicted octanol–water partition coefficient (Wildman–Crippen LogP) is 5.44. The Morgan fingerprint density at radius 1 is 0.865 bits per heavy atom. The van der Waals surface area contributed by atoms with Gasteiger partial charge in [-0.25, -0.2) is 8.42 Å². The van der Waals surface area contributed by atoms with Gasteiger partial charge in [0.1, 0.15) is 22.8 Å². The molecule has 1 aliphatic heterocycles. The summed E-state index contributed by atoms with van der Waals surface area (Å²) >= 11 is 0. The van der Waals surface area contributed by atoms with E-state index in [1.165, 1.54) is 7.11 Å². The molecule has 1 aromatic heterocycles. The molecular weight excluding hydrogens is 512 g/mol. The molecule has 196 valence electrons. The average Bonchev–Trinajstić information content (AvgIpc) is 3.15. The van der Waals surface area contributed by atoms with Crippen molar-refractivity contribution < 1.29 is 22.3 Å². The number of halogens is 1. The van der Waals surface area contributed by atoms with Crippen molar-refractivity contribution in [3.63, 3.8) is 0 Å². The Labute approximate surface area is 224 Å². The maximum absolute atomic E-state index is 13.2. The lowest BCUT2D eigenvalue weighted by Crippen LogP contribution is -2.35. The minimum atomic E-state index is -3.58. The quantitative estimate of drug-likeness (QED) is 0.310. The Kier molecular flexibility index (Phi) is 8.44. The molecule has 7 nitrogen and oxygen atoms in total. The highest BCUT2D eigenvalue weighted by Crippen LogP contribution is 2.33. The Morgan fingerprint density at radius 2 is 1.70 bits per heavy atom. The Bertz CT molecular complexity index is 1470. The van der Waals surface area contributed by atoms with Crippen LogP contribution in [0.3, 0.4) is 0 Å². The van der Waals surface area contributed by atoms with E-state index in [1.807, 2.05) is 36.4 Å². The molecule has 0 saturated carbocycles. The fourth-order valence-electron chi connectivity index (χ4n) is 4.70. The van der Waals surface area contributed by atoms with Crippen LogP contribution in [0.4, 0.5) is 0 Å². The van der Waals surface area contributed by atoms with E-state index in [1.54, 1.807) is 35.7 Å². The molecular formula is C28H31ClN2O5S. The monoisotopic (exact) mass is 542 g/mol. The van der Waals surface area contributed by atoms with Gasteiger partial charge < -0.3 is 13.9 Å². The van der Waals surface area contributed by atoms with Crippen molar-refractivity contribution in [3.8, 4) is 22.6 Å². The molecule has 1 aliphatic rings. The van der Waals surface area contributed by atoms with Crippen LogP contribution in [0.25, 0.3) is 22.1 Å². The van der Waals surface area contributed by atoms with Crippen molar-refractivity contribution in [2.45, 2.75) is 17.9 Å². The first-order chi connectivity index (χ1) is 17.5. The van der Waals surface area contributed by atoms with Crippen LogP contribution >= 0.6 is 12.4 Å². The molecule has 0 radical (unpaired) electrons. The second kappa shape index (κ2) is 11.6. The maximum Gasteiger partial charge on any atom is 0.243 e. The summed E-state index contributed by atoms with van der Waals surface area (Å²) in [6, 6.07) is 22.8. The molecule has 0 amide bonds. The molecule has 4 aromatic rings. The molecule has 0 unspecified atom stereocenters. The number of furan rings is 1. The number of hydrogen-bond acceptors (Lipinski definition) is 6. The zero-order chi connectivity index (χ0) is 25.1. The molecule has 9 heteroatoms. The van der Waals surface area contributed by atoms with E-state index in [-0.39, 0.29) is 17.3 Å². The lowest BCUT2D eigenvalue weighted by atomic mass is 10.0. The van der Waals surface area contributed by atoms with E-state index < -0.39 is 10.0 Å². The van der Waals surface area contributed by atoms with Gasteiger partial charge in [0.2, 0.25) is 10.0 Å². The number of rotatable bonds is 7. The lowest BCUT2D eigenvalue weighted by Gasteiger charge is -2.21. The van der Waals surface area contributed by atoms with Gasteiger partial charge in [-0.15, -0.1) is 12.4 Å². The van der Waals surface area contributed by atoms with Crippen LogP contribution in [0.2, 0.25) is 0 Å². The molecule has 5 rings (SSSR count). The Hall–Kier alpha value is -3.04. The van der Waals surface area contributed by atoms with Crippen LogP contribution < -0.4 is 9.47 Å². The third-order valence-corrected chi connectivity index (χ3v) is 8.49. The molecule has 1 saturated heterocycles. The number of ether oxygens (including phenoxy) is 2. The number of sulfonamides is 1. The van der Waals surface area contributed by atoms with Crippen molar-refractivity contribution in [2.75, 3.05) is 40.4 Å². The fourth-order valence-corrected chi connectivity index (χ4v) is 6.21. The standard InChI is InChI=1S/C28H30N2O5S.ClH/c1-33-23-7-5-8-25(19-23)36(31,32)30-14-6-13-29(15-16-30)20-24-18-22-17-21(11-12-27(22)35-24)26-9-3-4-10-28(26)34-2;/h3-5,7-12,17-19H,6,13-16,20H2,1-2H3;1H. The third-order valence-electron chi connectivity index (χ3n) is 6.59. The minimum Gasteiger partial charge on any atom is -0.497 e. The summed E-state index contributed by atoms with van der Waals surface area (Å²) in [6.07, 6.45) is 0.751. The van der Waals surface area contributed by atoms with E-state index >= 15 is 0 Å². The van der Waals surface area contributed by atoms with Gasteiger partial charge in [0.25, 0.3) is 0 Å². The van der Waals surface area contributed by atoms with Gasteiger partial charge in [0.15, 0.2) is 0 Å².